The van der Waals surface area contributed by atoms with Gasteiger partial charge in [-0.3, -0.25) is 4.79 Å². The molecule has 0 aliphatic heterocycles. The maximum atomic E-state index is 13.5. The Bertz CT molecular complexity index is 1340. The standard InChI is InChI=1S/C28H27ClN2O3/c1-18-12-19(2)26-22(13-18)15-23(27(29)30-26)17-31(28(32)21-8-6-5-7-9-21)16-20-10-11-24(33-3)25(14-20)34-4/h5-15H,16-17H2,1-4H3. The molecular formula is C28H27ClN2O3. The van der Waals surface area contributed by atoms with Crippen molar-refractivity contribution in [2.45, 2.75) is 26.9 Å². The molecule has 0 aliphatic carbocycles. The Balaban J connectivity index is 1.73. The van der Waals surface area contributed by atoms with Crippen LogP contribution >= 0.6 is 11.6 Å². The third-order valence-corrected chi connectivity index (χ3v) is 6.10. The van der Waals surface area contributed by atoms with Crippen LogP contribution in [0.5, 0.6) is 11.5 Å². The third kappa shape index (κ3) is 5.00. The van der Waals surface area contributed by atoms with Gasteiger partial charge in [0.25, 0.3) is 5.91 Å². The molecule has 5 nitrogen and oxygen atoms in total. The average molecular weight is 475 g/mol. The minimum Gasteiger partial charge on any atom is -0.493 e. The van der Waals surface area contributed by atoms with Crippen molar-refractivity contribution in [1.82, 2.24) is 9.88 Å². The van der Waals surface area contributed by atoms with Crippen molar-refractivity contribution in [1.29, 1.82) is 0 Å². The van der Waals surface area contributed by atoms with Gasteiger partial charge in [0.1, 0.15) is 5.15 Å². The van der Waals surface area contributed by atoms with E-state index in [-0.39, 0.29) is 5.91 Å². The van der Waals surface area contributed by atoms with E-state index in [0.717, 1.165) is 33.2 Å². The Kier molecular flexibility index (Phi) is 7.03. The number of nitrogens with zero attached hydrogens (tertiary/aromatic N) is 2. The van der Waals surface area contributed by atoms with Crippen LogP contribution < -0.4 is 9.47 Å². The number of carbonyl (C=O) groups is 1. The number of methoxy groups -OCH3 is 2. The van der Waals surface area contributed by atoms with Crippen LogP contribution in [0.25, 0.3) is 10.9 Å². The molecule has 0 saturated carbocycles. The summed E-state index contributed by atoms with van der Waals surface area (Å²) in [6.07, 6.45) is 0. The minimum atomic E-state index is -0.0908. The molecule has 3 aromatic carbocycles. The van der Waals surface area contributed by atoms with Gasteiger partial charge >= 0.3 is 0 Å². The Labute approximate surface area is 204 Å². The number of halogens is 1. The smallest absolute Gasteiger partial charge is 0.254 e. The first-order valence-electron chi connectivity index (χ1n) is 11.0. The number of hydrogen-bond donors (Lipinski definition) is 0. The molecule has 4 aromatic rings. The second-order valence-electron chi connectivity index (χ2n) is 8.31. The number of aromatic nitrogens is 1. The normalized spacial score (nSPS) is 10.9. The maximum absolute atomic E-state index is 13.5. The van der Waals surface area contributed by atoms with Gasteiger partial charge in [-0.2, -0.15) is 0 Å². The SMILES string of the molecule is COc1ccc(CN(Cc2cc3cc(C)cc(C)c3nc2Cl)C(=O)c2ccccc2)cc1OC. The molecule has 1 aromatic heterocycles. The van der Waals surface area contributed by atoms with Crippen LogP contribution in [0.2, 0.25) is 5.15 Å². The number of ether oxygens (including phenoxy) is 2. The Morgan fingerprint density at radius 1 is 0.912 bits per heavy atom. The zero-order chi connectivity index (χ0) is 24.2. The number of amides is 1. The van der Waals surface area contributed by atoms with E-state index in [9.17, 15) is 4.79 Å². The van der Waals surface area contributed by atoms with Crippen molar-refractivity contribution in [3.05, 3.63) is 99.7 Å². The molecule has 0 unspecified atom stereocenters. The number of hydrogen-bond acceptors (Lipinski definition) is 4. The first-order valence-corrected chi connectivity index (χ1v) is 11.4. The van der Waals surface area contributed by atoms with Crippen molar-refractivity contribution in [2.75, 3.05) is 14.2 Å². The number of carbonyl (C=O) groups excluding carboxylic acids is 1. The van der Waals surface area contributed by atoms with Gasteiger partial charge in [0.15, 0.2) is 11.5 Å². The van der Waals surface area contributed by atoms with Crippen molar-refractivity contribution >= 4 is 28.4 Å². The number of benzene rings is 3. The van der Waals surface area contributed by atoms with E-state index < -0.39 is 0 Å². The van der Waals surface area contributed by atoms with Crippen molar-refractivity contribution in [3.8, 4) is 11.5 Å². The Hall–Kier alpha value is -3.57. The van der Waals surface area contributed by atoms with Crippen LogP contribution in [0.3, 0.4) is 0 Å². The topological polar surface area (TPSA) is 51.7 Å². The fourth-order valence-corrected chi connectivity index (χ4v) is 4.35. The lowest BCUT2D eigenvalue weighted by Gasteiger charge is -2.24. The van der Waals surface area contributed by atoms with E-state index in [0.29, 0.717) is 35.3 Å². The van der Waals surface area contributed by atoms with Gasteiger partial charge in [0.05, 0.1) is 19.7 Å². The molecule has 6 heteroatoms. The summed E-state index contributed by atoms with van der Waals surface area (Å²) in [5.74, 6) is 1.16. The van der Waals surface area contributed by atoms with Gasteiger partial charge < -0.3 is 14.4 Å². The van der Waals surface area contributed by atoms with Crippen LogP contribution in [0, 0.1) is 13.8 Å². The molecule has 174 valence electrons. The zero-order valence-corrected chi connectivity index (χ0v) is 20.5. The predicted molar refractivity (Wildman–Crippen MR) is 136 cm³/mol. The highest BCUT2D eigenvalue weighted by molar-refractivity contribution is 6.30. The quantitative estimate of drug-likeness (QED) is 0.292. The van der Waals surface area contributed by atoms with Crippen LogP contribution in [-0.2, 0) is 13.1 Å². The molecule has 1 heterocycles. The summed E-state index contributed by atoms with van der Waals surface area (Å²) < 4.78 is 10.8. The summed E-state index contributed by atoms with van der Waals surface area (Å²) in [6.45, 7) is 4.77. The number of aryl methyl sites for hydroxylation is 2. The van der Waals surface area contributed by atoms with E-state index in [1.54, 1.807) is 19.1 Å². The molecule has 0 spiro atoms. The van der Waals surface area contributed by atoms with Gasteiger partial charge in [-0.05, 0) is 61.4 Å². The molecule has 34 heavy (non-hydrogen) atoms. The molecular weight excluding hydrogens is 448 g/mol. The fourth-order valence-electron chi connectivity index (χ4n) is 4.15. The lowest BCUT2D eigenvalue weighted by molar-refractivity contribution is 0.0730. The highest BCUT2D eigenvalue weighted by Crippen LogP contribution is 2.30. The Morgan fingerprint density at radius 2 is 1.65 bits per heavy atom. The second-order valence-corrected chi connectivity index (χ2v) is 8.67. The summed E-state index contributed by atoms with van der Waals surface area (Å²) in [4.78, 5) is 19.9. The number of rotatable bonds is 7. The average Bonchev–Trinajstić information content (AvgIpc) is 2.84. The van der Waals surface area contributed by atoms with Gasteiger partial charge in [0.2, 0.25) is 0 Å². The van der Waals surface area contributed by atoms with Crippen molar-refractivity contribution in [3.63, 3.8) is 0 Å². The lowest BCUT2D eigenvalue weighted by Crippen LogP contribution is -2.30. The molecule has 1 amide bonds. The van der Waals surface area contributed by atoms with Gasteiger partial charge in [-0.15, -0.1) is 0 Å². The van der Waals surface area contributed by atoms with Crippen LogP contribution in [0.15, 0.2) is 66.7 Å². The molecule has 0 bridgehead atoms. The summed E-state index contributed by atoms with van der Waals surface area (Å²) >= 11 is 6.61. The molecule has 4 rings (SSSR count). The molecule has 0 aliphatic rings. The third-order valence-electron chi connectivity index (χ3n) is 5.77. The monoisotopic (exact) mass is 474 g/mol. The zero-order valence-electron chi connectivity index (χ0n) is 19.8. The van der Waals surface area contributed by atoms with E-state index >= 15 is 0 Å². The van der Waals surface area contributed by atoms with Crippen LogP contribution in [0.1, 0.15) is 32.6 Å². The summed E-state index contributed by atoms with van der Waals surface area (Å²) in [6, 6.07) is 21.1. The molecule has 0 N–H and O–H groups in total. The Morgan fingerprint density at radius 3 is 2.35 bits per heavy atom. The van der Waals surface area contributed by atoms with Gasteiger partial charge in [-0.25, -0.2) is 4.98 Å². The largest absolute Gasteiger partial charge is 0.493 e. The number of fused-ring (bicyclic) bond motifs is 1. The first kappa shape index (κ1) is 23.6. The molecule has 0 radical (unpaired) electrons. The molecule has 0 fully saturated rings. The maximum Gasteiger partial charge on any atom is 0.254 e. The van der Waals surface area contributed by atoms with E-state index in [2.05, 4.69) is 24.0 Å². The second kappa shape index (κ2) is 10.1. The highest BCUT2D eigenvalue weighted by atomic mass is 35.5. The molecule has 0 atom stereocenters. The lowest BCUT2D eigenvalue weighted by atomic mass is 10.0. The highest BCUT2D eigenvalue weighted by Gasteiger charge is 2.20. The van der Waals surface area contributed by atoms with E-state index in [1.807, 2.05) is 61.5 Å². The van der Waals surface area contributed by atoms with Gasteiger partial charge in [0, 0.05) is 29.6 Å². The summed E-state index contributed by atoms with van der Waals surface area (Å²) in [5, 5.41) is 1.41. The van der Waals surface area contributed by atoms with Crippen molar-refractivity contribution < 1.29 is 14.3 Å². The molecule has 0 saturated heterocycles. The predicted octanol–water partition coefficient (Wildman–Crippen LogP) is 6.36. The summed E-state index contributed by atoms with van der Waals surface area (Å²) in [7, 11) is 3.19. The first-order chi connectivity index (χ1) is 16.4. The van der Waals surface area contributed by atoms with Crippen LogP contribution in [-0.4, -0.2) is 30.0 Å². The van der Waals surface area contributed by atoms with Crippen molar-refractivity contribution in [2.24, 2.45) is 0 Å². The van der Waals surface area contributed by atoms with E-state index in [4.69, 9.17) is 21.1 Å². The van der Waals surface area contributed by atoms with Gasteiger partial charge in [-0.1, -0.05) is 47.5 Å². The fraction of sp³-hybridized carbons (Fsp3) is 0.214. The summed E-state index contributed by atoms with van der Waals surface area (Å²) in [5.41, 5.74) is 5.43. The number of pyridine rings is 1. The van der Waals surface area contributed by atoms with E-state index in [1.165, 1.54) is 0 Å². The van der Waals surface area contributed by atoms with Crippen LogP contribution in [0.4, 0.5) is 0 Å². The minimum absolute atomic E-state index is 0.0908.